The SMILES string of the molecule is COc1ccc(C)cc1-n1nnc(-c2nsc(NC(=O)c3ccccc3Cl)n2)c1C. The van der Waals surface area contributed by atoms with Crippen LogP contribution in [0.5, 0.6) is 5.75 Å². The number of aromatic nitrogens is 5. The van der Waals surface area contributed by atoms with E-state index in [1.807, 2.05) is 32.0 Å². The van der Waals surface area contributed by atoms with E-state index in [0.717, 1.165) is 28.5 Å². The predicted molar refractivity (Wildman–Crippen MR) is 116 cm³/mol. The van der Waals surface area contributed by atoms with Gasteiger partial charge in [0.1, 0.15) is 11.4 Å². The van der Waals surface area contributed by atoms with E-state index < -0.39 is 0 Å². The molecule has 0 atom stereocenters. The van der Waals surface area contributed by atoms with Gasteiger partial charge in [-0.25, -0.2) is 4.68 Å². The Morgan fingerprint density at radius 3 is 2.77 bits per heavy atom. The summed E-state index contributed by atoms with van der Waals surface area (Å²) in [5.41, 5.74) is 3.48. The fraction of sp³-hybridized carbons (Fsp3) is 0.150. The van der Waals surface area contributed by atoms with E-state index >= 15 is 0 Å². The molecule has 0 radical (unpaired) electrons. The molecular weight excluding hydrogens is 424 g/mol. The summed E-state index contributed by atoms with van der Waals surface area (Å²) in [7, 11) is 1.61. The largest absolute Gasteiger partial charge is 0.494 e. The third-order valence-electron chi connectivity index (χ3n) is 4.43. The molecule has 0 saturated heterocycles. The average Bonchev–Trinajstić information content (AvgIpc) is 3.34. The van der Waals surface area contributed by atoms with Crippen molar-refractivity contribution < 1.29 is 9.53 Å². The Bertz CT molecular complexity index is 1240. The number of hydrogen-bond donors (Lipinski definition) is 1. The van der Waals surface area contributed by atoms with E-state index in [9.17, 15) is 4.79 Å². The standard InChI is InChI=1S/C20H17ClN6O2S/c1-11-8-9-16(29-3)15(10-11)27-12(2)17(24-26-27)18-22-20(30-25-18)23-19(28)13-6-4-5-7-14(13)21/h4-10H,1-3H3,(H,22,23,25,28). The van der Waals surface area contributed by atoms with Gasteiger partial charge in [-0.2, -0.15) is 9.36 Å². The lowest BCUT2D eigenvalue weighted by atomic mass is 10.2. The first-order valence-corrected chi connectivity index (χ1v) is 10.1. The Morgan fingerprint density at radius 1 is 1.20 bits per heavy atom. The first-order chi connectivity index (χ1) is 14.5. The van der Waals surface area contributed by atoms with Gasteiger partial charge in [-0.1, -0.05) is 35.0 Å². The smallest absolute Gasteiger partial charge is 0.258 e. The monoisotopic (exact) mass is 440 g/mol. The molecule has 152 valence electrons. The van der Waals surface area contributed by atoms with Crippen LogP contribution in [0.4, 0.5) is 5.13 Å². The molecule has 0 aliphatic rings. The van der Waals surface area contributed by atoms with Crippen LogP contribution in [-0.4, -0.2) is 37.4 Å². The zero-order chi connectivity index (χ0) is 21.3. The molecule has 0 spiro atoms. The van der Waals surface area contributed by atoms with Gasteiger partial charge in [-0.3, -0.25) is 10.1 Å². The van der Waals surface area contributed by atoms with Crippen molar-refractivity contribution in [1.82, 2.24) is 24.4 Å². The molecule has 10 heteroatoms. The van der Waals surface area contributed by atoms with Gasteiger partial charge in [0, 0.05) is 11.5 Å². The summed E-state index contributed by atoms with van der Waals surface area (Å²) >= 11 is 7.14. The molecule has 30 heavy (non-hydrogen) atoms. The minimum absolute atomic E-state index is 0.344. The Hall–Kier alpha value is -3.30. The number of carbonyl (C=O) groups is 1. The van der Waals surface area contributed by atoms with E-state index in [0.29, 0.717) is 33.0 Å². The fourth-order valence-electron chi connectivity index (χ4n) is 2.91. The summed E-state index contributed by atoms with van der Waals surface area (Å²) in [6, 6.07) is 12.6. The minimum atomic E-state index is -0.354. The Labute approximate surface area is 181 Å². The minimum Gasteiger partial charge on any atom is -0.494 e. The van der Waals surface area contributed by atoms with Gasteiger partial charge < -0.3 is 4.74 Å². The second-order valence-corrected chi connectivity index (χ2v) is 7.63. The Balaban J connectivity index is 1.62. The van der Waals surface area contributed by atoms with Crippen molar-refractivity contribution in [3.63, 3.8) is 0 Å². The maximum Gasteiger partial charge on any atom is 0.258 e. The number of halogens is 1. The number of anilines is 1. The molecule has 2 heterocycles. The van der Waals surface area contributed by atoms with Gasteiger partial charge in [0.25, 0.3) is 5.91 Å². The van der Waals surface area contributed by atoms with Crippen LogP contribution in [0, 0.1) is 13.8 Å². The Kier molecular flexibility index (Phi) is 5.47. The van der Waals surface area contributed by atoms with Gasteiger partial charge in [0.2, 0.25) is 5.13 Å². The van der Waals surface area contributed by atoms with Gasteiger partial charge >= 0.3 is 0 Å². The molecule has 8 nitrogen and oxygen atoms in total. The summed E-state index contributed by atoms with van der Waals surface area (Å²) < 4.78 is 11.5. The molecule has 4 rings (SSSR count). The van der Waals surface area contributed by atoms with E-state index in [2.05, 4.69) is 25.0 Å². The highest BCUT2D eigenvalue weighted by Gasteiger charge is 2.20. The molecule has 0 bridgehead atoms. The molecule has 0 aliphatic carbocycles. The number of nitrogens with zero attached hydrogens (tertiary/aromatic N) is 5. The molecule has 2 aromatic heterocycles. The Morgan fingerprint density at radius 2 is 2.00 bits per heavy atom. The number of hydrogen-bond acceptors (Lipinski definition) is 7. The van der Waals surface area contributed by atoms with Crippen LogP contribution in [0.25, 0.3) is 17.2 Å². The molecule has 1 N–H and O–H groups in total. The topological polar surface area (TPSA) is 94.8 Å². The number of rotatable bonds is 5. The molecule has 0 aliphatic heterocycles. The highest BCUT2D eigenvalue weighted by Crippen LogP contribution is 2.28. The van der Waals surface area contributed by atoms with Gasteiger partial charge in [0.05, 0.1) is 23.4 Å². The quantitative estimate of drug-likeness (QED) is 0.496. The van der Waals surface area contributed by atoms with Crippen molar-refractivity contribution >= 4 is 34.2 Å². The van der Waals surface area contributed by atoms with Gasteiger partial charge in [-0.15, -0.1) is 5.10 Å². The maximum atomic E-state index is 12.4. The van der Waals surface area contributed by atoms with Crippen molar-refractivity contribution in [3.05, 3.63) is 64.3 Å². The molecule has 1 amide bonds. The lowest BCUT2D eigenvalue weighted by molar-refractivity contribution is 0.102. The van der Waals surface area contributed by atoms with Crippen molar-refractivity contribution in [1.29, 1.82) is 0 Å². The molecule has 0 unspecified atom stereocenters. The normalized spacial score (nSPS) is 10.8. The number of carbonyl (C=O) groups excluding carboxylic acids is 1. The molecular formula is C20H17ClN6O2S. The lowest BCUT2D eigenvalue weighted by Gasteiger charge is -2.10. The predicted octanol–water partition coefficient (Wildman–Crippen LogP) is 4.32. The van der Waals surface area contributed by atoms with Crippen LogP contribution in [0.2, 0.25) is 5.02 Å². The number of nitrogens with one attached hydrogen (secondary N) is 1. The van der Waals surface area contributed by atoms with Crippen molar-refractivity contribution in [2.24, 2.45) is 0 Å². The summed E-state index contributed by atoms with van der Waals surface area (Å²) in [5.74, 6) is 0.706. The van der Waals surface area contributed by atoms with Crippen LogP contribution in [-0.2, 0) is 0 Å². The van der Waals surface area contributed by atoms with Crippen LogP contribution < -0.4 is 10.1 Å². The number of benzene rings is 2. The third kappa shape index (κ3) is 3.77. The maximum absolute atomic E-state index is 12.4. The van der Waals surface area contributed by atoms with Crippen molar-refractivity contribution in [2.45, 2.75) is 13.8 Å². The molecule has 4 aromatic rings. The second-order valence-electron chi connectivity index (χ2n) is 6.47. The van der Waals surface area contributed by atoms with Crippen LogP contribution in [0.1, 0.15) is 21.6 Å². The number of aryl methyl sites for hydroxylation is 1. The fourth-order valence-corrected chi connectivity index (χ4v) is 3.70. The van der Waals surface area contributed by atoms with E-state index in [4.69, 9.17) is 16.3 Å². The van der Waals surface area contributed by atoms with E-state index in [-0.39, 0.29) is 5.91 Å². The molecule has 0 fully saturated rings. The average molecular weight is 441 g/mol. The van der Waals surface area contributed by atoms with E-state index in [1.54, 1.807) is 36.1 Å². The number of methoxy groups -OCH3 is 1. The molecule has 2 aromatic carbocycles. The highest BCUT2D eigenvalue weighted by molar-refractivity contribution is 7.10. The summed E-state index contributed by atoms with van der Waals surface area (Å²) in [4.78, 5) is 16.8. The number of amides is 1. The van der Waals surface area contributed by atoms with Crippen LogP contribution in [0.3, 0.4) is 0 Å². The zero-order valence-electron chi connectivity index (χ0n) is 16.4. The summed E-state index contributed by atoms with van der Waals surface area (Å²) in [6.45, 7) is 3.87. The van der Waals surface area contributed by atoms with E-state index in [1.165, 1.54) is 0 Å². The van der Waals surface area contributed by atoms with Crippen LogP contribution in [0.15, 0.2) is 42.5 Å². The third-order valence-corrected chi connectivity index (χ3v) is 5.39. The van der Waals surface area contributed by atoms with Crippen LogP contribution >= 0.6 is 23.1 Å². The summed E-state index contributed by atoms with van der Waals surface area (Å²) in [5, 5.41) is 11.9. The van der Waals surface area contributed by atoms with Crippen molar-refractivity contribution in [3.8, 4) is 23.0 Å². The zero-order valence-corrected chi connectivity index (χ0v) is 18.0. The second kappa shape index (κ2) is 8.21. The first kappa shape index (κ1) is 20.0. The van der Waals surface area contributed by atoms with Gasteiger partial charge in [-0.05, 0) is 43.7 Å². The lowest BCUT2D eigenvalue weighted by Crippen LogP contribution is -2.12. The highest BCUT2D eigenvalue weighted by atomic mass is 35.5. The number of ether oxygens (including phenoxy) is 1. The van der Waals surface area contributed by atoms with Gasteiger partial charge in [0.15, 0.2) is 11.5 Å². The molecule has 0 saturated carbocycles. The van der Waals surface area contributed by atoms with Crippen molar-refractivity contribution in [2.75, 3.05) is 12.4 Å². The first-order valence-electron chi connectivity index (χ1n) is 8.95. The summed E-state index contributed by atoms with van der Waals surface area (Å²) in [6.07, 6.45) is 0.